The third-order valence-corrected chi connectivity index (χ3v) is 4.12. The van der Waals surface area contributed by atoms with Crippen LogP contribution in [0.25, 0.3) is 0 Å². The molecule has 0 heterocycles. The highest BCUT2D eigenvalue weighted by molar-refractivity contribution is 7.91. The summed E-state index contributed by atoms with van der Waals surface area (Å²) in [6.45, 7) is 4.77. The molecular formula is C9H18ClNO4S. The smallest absolute Gasteiger partial charge is 0.302 e. The van der Waals surface area contributed by atoms with Gasteiger partial charge in [0, 0.05) is 12.5 Å². The van der Waals surface area contributed by atoms with E-state index >= 15 is 0 Å². The van der Waals surface area contributed by atoms with Crippen molar-refractivity contribution in [3.63, 3.8) is 0 Å². The van der Waals surface area contributed by atoms with Crippen molar-refractivity contribution in [2.45, 2.75) is 32.7 Å². The summed E-state index contributed by atoms with van der Waals surface area (Å²) in [6, 6.07) is 0. The van der Waals surface area contributed by atoms with Gasteiger partial charge in [-0.15, -0.1) is 0 Å². The number of halogens is 1. The van der Waals surface area contributed by atoms with Crippen LogP contribution < -0.4 is 4.84 Å². The summed E-state index contributed by atoms with van der Waals surface area (Å²) in [5.41, 5.74) is -0.434. The first-order valence-electron chi connectivity index (χ1n) is 4.90. The first-order valence-corrected chi connectivity index (χ1v) is 7.10. The lowest BCUT2D eigenvalue weighted by atomic mass is 10.0. The molecule has 0 aliphatic carbocycles. The van der Waals surface area contributed by atoms with Gasteiger partial charge in [-0.3, -0.25) is 4.79 Å². The van der Waals surface area contributed by atoms with Gasteiger partial charge in [0.25, 0.3) is 0 Å². The van der Waals surface area contributed by atoms with Crippen LogP contribution in [0.5, 0.6) is 0 Å². The van der Waals surface area contributed by atoms with Gasteiger partial charge in [-0.1, -0.05) is 0 Å². The molecule has 0 fully saturated rings. The molecule has 0 unspecified atom stereocenters. The first-order chi connectivity index (χ1) is 7.18. The van der Waals surface area contributed by atoms with E-state index in [-0.39, 0.29) is 18.1 Å². The van der Waals surface area contributed by atoms with Crippen molar-refractivity contribution in [2.75, 3.05) is 18.1 Å². The molecule has 0 atom stereocenters. The molecule has 5 nitrogen and oxygen atoms in total. The third-order valence-electron chi connectivity index (χ3n) is 1.99. The van der Waals surface area contributed by atoms with Crippen LogP contribution >= 0.6 is 11.8 Å². The number of sulfone groups is 1. The summed E-state index contributed by atoms with van der Waals surface area (Å²) in [5, 5.41) is 0. The normalized spacial score (nSPS) is 12.5. The van der Waals surface area contributed by atoms with Crippen LogP contribution in [0, 0.1) is 0 Å². The van der Waals surface area contributed by atoms with E-state index in [0.717, 1.165) is 0 Å². The zero-order valence-corrected chi connectivity index (χ0v) is 11.3. The van der Waals surface area contributed by atoms with Gasteiger partial charge in [0.1, 0.15) is 6.61 Å². The summed E-state index contributed by atoms with van der Waals surface area (Å²) in [6.07, 6.45) is 0.402. The minimum atomic E-state index is -3.20. The Balaban J connectivity index is 4.02. The zero-order chi connectivity index (χ0) is 12.8. The van der Waals surface area contributed by atoms with Crippen molar-refractivity contribution < 1.29 is 17.9 Å². The topological polar surface area (TPSA) is 72.5 Å². The van der Waals surface area contributed by atoms with E-state index in [0.29, 0.717) is 6.42 Å². The minimum absolute atomic E-state index is 0.0149. The second kappa shape index (κ2) is 6.42. The Morgan fingerprint density at radius 2 is 1.94 bits per heavy atom. The van der Waals surface area contributed by atoms with Crippen molar-refractivity contribution in [2.24, 2.45) is 0 Å². The van der Waals surface area contributed by atoms with E-state index in [4.69, 9.17) is 11.8 Å². The van der Waals surface area contributed by atoms with Crippen LogP contribution in [-0.2, 0) is 19.4 Å². The molecule has 0 bridgehead atoms. The predicted molar refractivity (Wildman–Crippen MR) is 63.0 cm³/mol. The molecular weight excluding hydrogens is 254 g/mol. The van der Waals surface area contributed by atoms with Gasteiger partial charge in [-0.05, 0) is 32.0 Å². The van der Waals surface area contributed by atoms with Crippen LogP contribution in [0.2, 0.25) is 0 Å². The SMILES string of the molecule is CC(=O)OCCS(=O)(=O)CCC(C)(C)NCl. The van der Waals surface area contributed by atoms with E-state index in [9.17, 15) is 13.2 Å². The lowest BCUT2D eigenvalue weighted by molar-refractivity contribution is -0.140. The van der Waals surface area contributed by atoms with Crippen molar-refractivity contribution >= 4 is 27.6 Å². The summed E-state index contributed by atoms with van der Waals surface area (Å²) >= 11 is 5.45. The van der Waals surface area contributed by atoms with Gasteiger partial charge in [0.15, 0.2) is 9.84 Å². The van der Waals surface area contributed by atoms with Gasteiger partial charge in [-0.25, -0.2) is 13.3 Å². The van der Waals surface area contributed by atoms with E-state index in [1.54, 1.807) is 0 Å². The number of hydrogen-bond donors (Lipinski definition) is 1. The Labute approximate surface area is 102 Å². The predicted octanol–water partition coefficient (Wildman–Crippen LogP) is 0.876. The number of carbonyl (C=O) groups excluding carboxylic acids is 1. The molecule has 7 heteroatoms. The minimum Gasteiger partial charge on any atom is -0.465 e. The molecule has 0 amide bonds. The maximum absolute atomic E-state index is 11.5. The van der Waals surface area contributed by atoms with Gasteiger partial charge in [-0.2, -0.15) is 0 Å². The molecule has 0 aromatic rings. The van der Waals surface area contributed by atoms with Crippen molar-refractivity contribution in [3.8, 4) is 0 Å². The Morgan fingerprint density at radius 3 is 2.38 bits per heavy atom. The summed E-state index contributed by atoms with van der Waals surface area (Å²) in [5.74, 6) is -0.607. The number of nitrogens with one attached hydrogen (secondary N) is 1. The Morgan fingerprint density at radius 1 is 1.38 bits per heavy atom. The number of ether oxygens (including phenoxy) is 1. The molecule has 0 aliphatic heterocycles. The average molecular weight is 272 g/mol. The molecule has 0 rings (SSSR count). The lowest BCUT2D eigenvalue weighted by Crippen LogP contribution is -2.35. The average Bonchev–Trinajstić information content (AvgIpc) is 2.14. The van der Waals surface area contributed by atoms with Crippen molar-refractivity contribution in [3.05, 3.63) is 0 Å². The summed E-state index contributed by atoms with van der Waals surface area (Å²) in [7, 11) is -3.20. The van der Waals surface area contributed by atoms with Gasteiger partial charge >= 0.3 is 5.97 Å². The standard InChI is InChI=1S/C9H18ClNO4S/c1-8(12)15-5-7-16(13,14)6-4-9(2,3)11-10/h11H,4-7H2,1-3H3. The summed E-state index contributed by atoms with van der Waals surface area (Å²) < 4.78 is 27.6. The van der Waals surface area contributed by atoms with Crippen LogP contribution in [-0.4, -0.2) is 38.0 Å². The van der Waals surface area contributed by atoms with Gasteiger partial charge < -0.3 is 4.74 Å². The Kier molecular flexibility index (Phi) is 6.28. The largest absolute Gasteiger partial charge is 0.465 e. The second-order valence-corrected chi connectivity index (χ2v) is 6.71. The van der Waals surface area contributed by atoms with Crippen molar-refractivity contribution in [1.29, 1.82) is 0 Å². The van der Waals surface area contributed by atoms with Crippen LogP contribution in [0.15, 0.2) is 0 Å². The van der Waals surface area contributed by atoms with Gasteiger partial charge in [0.05, 0.1) is 11.5 Å². The Hall–Kier alpha value is -0.330. The van der Waals surface area contributed by atoms with Gasteiger partial charge in [0.2, 0.25) is 0 Å². The number of esters is 1. The first kappa shape index (κ1) is 15.7. The highest BCUT2D eigenvalue weighted by atomic mass is 35.5. The molecule has 0 aromatic carbocycles. The quantitative estimate of drug-likeness (QED) is 0.550. The molecule has 1 N–H and O–H groups in total. The molecule has 0 spiro atoms. The molecule has 0 saturated carbocycles. The molecule has 0 aliphatic rings. The number of carbonyl (C=O) groups is 1. The number of rotatable bonds is 7. The fourth-order valence-electron chi connectivity index (χ4n) is 0.872. The van der Waals surface area contributed by atoms with E-state index < -0.39 is 21.3 Å². The highest BCUT2D eigenvalue weighted by Gasteiger charge is 2.20. The third kappa shape index (κ3) is 7.90. The number of hydrogen-bond acceptors (Lipinski definition) is 5. The molecule has 16 heavy (non-hydrogen) atoms. The fraction of sp³-hybridized carbons (Fsp3) is 0.889. The molecule has 0 saturated heterocycles. The van der Waals surface area contributed by atoms with E-state index in [2.05, 4.69) is 9.57 Å². The molecule has 96 valence electrons. The highest BCUT2D eigenvalue weighted by Crippen LogP contribution is 2.11. The fourth-order valence-corrected chi connectivity index (χ4v) is 2.33. The van der Waals surface area contributed by atoms with Crippen LogP contribution in [0.1, 0.15) is 27.2 Å². The van der Waals surface area contributed by atoms with E-state index in [1.165, 1.54) is 6.92 Å². The maximum atomic E-state index is 11.5. The van der Waals surface area contributed by atoms with Crippen LogP contribution in [0.4, 0.5) is 0 Å². The zero-order valence-electron chi connectivity index (χ0n) is 9.75. The maximum Gasteiger partial charge on any atom is 0.302 e. The monoisotopic (exact) mass is 271 g/mol. The van der Waals surface area contributed by atoms with Crippen molar-refractivity contribution in [1.82, 2.24) is 4.84 Å². The molecule has 0 aromatic heterocycles. The van der Waals surface area contributed by atoms with Crippen LogP contribution in [0.3, 0.4) is 0 Å². The lowest BCUT2D eigenvalue weighted by Gasteiger charge is -2.21. The van der Waals surface area contributed by atoms with E-state index in [1.807, 2.05) is 13.8 Å². The second-order valence-electron chi connectivity index (χ2n) is 4.22. The Bertz CT molecular complexity index is 326. The molecule has 0 radical (unpaired) electrons. The summed E-state index contributed by atoms with van der Waals surface area (Å²) in [4.78, 5) is 13.0.